The number of likely N-dealkylation sites (N-methyl/N-ethyl adjacent to an activating group) is 1. The molecule has 3 aromatic rings. The number of ether oxygens (including phenoxy) is 1. The van der Waals surface area contributed by atoms with Crippen LogP contribution in [0.1, 0.15) is 31.0 Å². The topological polar surface area (TPSA) is 81.0 Å². The van der Waals surface area contributed by atoms with Gasteiger partial charge < -0.3 is 9.64 Å². The summed E-state index contributed by atoms with van der Waals surface area (Å²) >= 11 is 4.63. The molecule has 1 amide bonds. The number of carbonyl (C=O) groups excluding carboxylic acids is 2. The molecule has 0 spiro atoms. The van der Waals surface area contributed by atoms with Gasteiger partial charge in [-0.3, -0.25) is 14.2 Å². The van der Waals surface area contributed by atoms with Crippen LogP contribution >= 0.6 is 27.3 Å². The van der Waals surface area contributed by atoms with E-state index in [1.165, 1.54) is 4.57 Å². The van der Waals surface area contributed by atoms with E-state index in [4.69, 9.17) is 4.74 Å². The Morgan fingerprint density at radius 3 is 2.62 bits per heavy atom. The number of halogens is 1. The third-order valence-electron chi connectivity index (χ3n) is 5.94. The van der Waals surface area contributed by atoms with Crippen LogP contribution in [0.3, 0.4) is 0 Å². The Hall–Kier alpha value is -3.30. The number of hydrogen-bond acceptors (Lipinski definition) is 6. The monoisotopic (exact) mass is 537 g/mol. The van der Waals surface area contributed by atoms with Gasteiger partial charge in [0, 0.05) is 17.1 Å². The van der Waals surface area contributed by atoms with Crippen LogP contribution in [0.4, 0.5) is 5.69 Å². The summed E-state index contributed by atoms with van der Waals surface area (Å²) in [6, 6.07) is 14.2. The van der Waals surface area contributed by atoms with Crippen LogP contribution in [0.5, 0.6) is 0 Å². The second-order valence-electron chi connectivity index (χ2n) is 7.93. The van der Waals surface area contributed by atoms with Crippen LogP contribution in [0, 0.1) is 0 Å². The van der Waals surface area contributed by atoms with Crippen LogP contribution in [0.2, 0.25) is 0 Å². The summed E-state index contributed by atoms with van der Waals surface area (Å²) in [7, 11) is 1.69. The molecule has 1 atom stereocenters. The highest BCUT2D eigenvalue weighted by atomic mass is 79.9. The maximum atomic E-state index is 13.9. The van der Waals surface area contributed by atoms with Crippen LogP contribution < -0.4 is 19.8 Å². The van der Waals surface area contributed by atoms with Crippen molar-refractivity contribution >= 4 is 50.4 Å². The van der Waals surface area contributed by atoms with Crippen molar-refractivity contribution in [3.63, 3.8) is 0 Å². The minimum Gasteiger partial charge on any atom is -0.463 e. The molecule has 2 aromatic carbocycles. The first-order chi connectivity index (χ1) is 16.3. The number of esters is 1. The van der Waals surface area contributed by atoms with Crippen LogP contribution in [-0.4, -0.2) is 30.1 Å². The van der Waals surface area contributed by atoms with E-state index in [9.17, 15) is 14.4 Å². The number of fused-ring (bicyclic) bond motifs is 2. The van der Waals surface area contributed by atoms with Crippen molar-refractivity contribution in [3.8, 4) is 0 Å². The fraction of sp³-hybridized carbons (Fsp3) is 0.200. The fourth-order valence-corrected chi connectivity index (χ4v) is 5.90. The summed E-state index contributed by atoms with van der Waals surface area (Å²) in [5, 5.41) is 0. The molecule has 5 rings (SSSR count). The maximum absolute atomic E-state index is 13.9. The molecule has 0 N–H and O–H groups in total. The van der Waals surface area contributed by atoms with Gasteiger partial charge in [0.1, 0.15) is 4.53 Å². The Kier molecular flexibility index (Phi) is 5.61. The third kappa shape index (κ3) is 3.38. The van der Waals surface area contributed by atoms with Gasteiger partial charge in [0.2, 0.25) is 0 Å². The number of anilines is 1. The van der Waals surface area contributed by atoms with E-state index in [1.54, 1.807) is 25.8 Å². The Bertz CT molecular complexity index is 1570. The summed E-state index contributed by atoms with van der Waals surface area (Å²) in [6.07, 6.45) is 0. The molecular weight excluding hydrogens is 518 g/mol. The average molecular weight is 538 g/mol. The van der Waals surface area contributed by atoms with Crippen molar-refractivity contribution in [1.29, 1.82) is 0 Å². The van der Waals surface area contributed by atoms with Crippen molar-refractivity contribution in [2.45, 2.75) is 19.9 Å². The van der Waals surface area contributed by atoms with Gasteiger partial charge in [0.15, 0.2) is 4.80 Å². The number of allylic oxidation sites excluding steroid dienone is 1. The molecule has 0 fully saturated rings. The highest BCUT2D eigenvalue weighted by Gasteiger charge is 2.36. The van der Waals surface area contributed by atoms with Gasteiger partial charge in [-0.15, -0.1) is 0 Å². The lowest BCUT2D eigenvalue weighted by Gasteiger charge is -2.24. The summed E-state index contributed by atoms with van der Waals surface area (Å²) < 4.78 is 7.93. The van der Waals surface area contributed by atoms with E-state index in [2.05, 4.69) is 20.9 Å². The molecule has 172 valence electrons. The zero-order valence-electron chi connectivity index (χ0n) is 18.7. The van der Waals surface area contributed by atoms with E-state index in [0.29, 0.717) is 31.7 Å². The van der Waals surface area contributed by atoms with Crippen LogP contribution in [0.25, 0.3) is 5.57 Å². The van der Waals surface area contributed by atoms with Crippen LogP contribution in [-0.2, 0) is 14.3 Å². The largest absolute Gasteiger partial charge is 0.463 e. The first-order valence-corrected chi connectivity index (χ1v) is 12.3. The van der Waals surface area contributed by atoms with Gasteiger partial charge in [-0.05, 0) is 37.6 Å². The molecule has 0 aliphatic carbocycles. The molecule has 0 bridgehead atoms. The third-order valence-corrected chi connectivity index (χ3v) is 7.49. The van der Waals surface area contributed by atoms with Crippen molar-refractivity contribution in [1.82, 2.24) is 4.57 Å². The number of nitrogens with zero attached hydrogens (tertiary/aromatic N) is 3. The molecule has 0 radical (unpaired) electrons. The summed E-state index contributed by atoms with van der Waals surface area (Å²) in [5.41, 5.74) is 2.96. The van der Waals surface area contributed by atoms with Crippen molar-refractivity contribution < 1.29 is 14.3 Å². The van der Waals surface area contributed by atoms with Gasteiger partial charge in [-0.1, -0.05) is 57.6 Å². The van der Waals surface area contributed by atoms with E-state index in [0.717, 1.165) is 27.1 Å². The van der Waals surface area contributed by atoms with Gasteiger partial charge in [0.05, 0.1) is 35.2 Å². The Morgan fingerprint density at radius 1 is 1.18 bits per heavy atom. The normalized spacial score (nSPS) is 18.5. The Labute approximate surface area is 207 Å². The van der Waals surface area contributed by atoms with E-state index in [-0.39, 0.29) is 18.1 Å². The average Bonchev–Trinajstić information content (AvgIpc) is 3.26. The number of aromatic nitrogens is 1. The minimum absolute atomic E-state index is 0.207. The maximum Gasteiger partial charge on any atom is 0.338 e. The Morgan fingerprint density at radius 2 is 1.91 bits per heavy atom. The highest BCUT2D eigenvalue weighted by Crippen LogP contribution is 2.36. The van der Waals surface area contributed by atoms with Crippen molar-refractivity contribution in [2.24, 2.45) is 4.99 Å². The molecule has 1 aromatic heterocycles. The molecule has 0 unspecified atom stereocenters. The van der Waals surface area contributed by atoms with Crippen LogP contribution in [0.15, 0.2) is 74.1 Å². The molecule has 0 saturated carbocycles. The zero-order valence-corrected chi connectivity index (χ0v) is 21.1. The molecule has 3 heterocycles. The summed E-state index contributed by atoms with van der Waals surface area (Å²) in [5.74, 6) is -0.766. The molecule has 34 heavy (non-hydrogen) atoms. The van der Waals surface area contributed by atoms with E-state index < -0.39 is 12.0 Å². The number of benzene rings is 2. The van der Waals surface area contributed by atoms with Gasteiger partial charge >= 0.3 is 5.97 Å². The number of hydrogen-bond donors (Lipinski definition) is 0. The number of thiazole rings is 1. The summed E-state index contributed by atoms with van der Waals surface area (Å²) in [4.78, 5) is 46.6. The number of carbonyl (C=O) groups is 2. The second-order valence-corrected chi connectivity index (χ2v) is 9.83. The predicted molar refractivity (Wildman–Crippen MR) is 133 cm³/mol. The standard InChI is InChI=1S/C25H20BrN3O4S/c1-4-33-24(32)18-13(2)27-25-29(20(18)14-8-6-5-7-9-14)23(31)21(34-25)19-16-12-15(26)10-11-17(16)28(3)22(19)30/h5-12,20H,4H2,1-3H3/b21-19-/t20-/m1/s1. The Balaban J connectivity index is 1.84. The molecule has 2 aliphatic rings. The van der Waals surface area contributed by atoms with Crippen molar-refractivity contribution in [2.75, 3.05) is 18.6 Å². The lowest BCUT2D eigenvalue weighted by molar-refractivity contribution is -0.139. The lowest BCUT2D eigenvalue weighted by atomic mass is 9.96. The SMILES string of the molecule is CCOC(=O)C1=C(C)N=c2s/c(=C3\C(=O)N(C)c4ccc(Br)cc43)c(=O)n2[C@@H]1c1ccccc1. The molecule has 7 nitrogen and oxygen atoms in total. The quantitative estimate of drug-likeness (QED) is 0.481. The fourth-order valence-electron chi connectivity index (χ4n) is 4.41. The molecule has 9 heteroatoms. The van der Waals surface area contributed by atoms with Gasteiger partial charge in [-0.2, -0.15) is 0 Å². The zero-order chi connectivity index (χ0) is 24.1. The predicted octanol–water partition coefficient (Wildman–Crippen LogP) is 2.91. The van der Waals surface area contributed by atoms with Gasteiger partial charge in [-0.25, -0.2) is 9.79 Å². The summed E-state index contributed by atoms with van der Waals surface area (Å²) in [6.45, 7) is 3.68. The molecule has 2 aliphatic heterocycles. The van der Waals surface area contributed by atoms with Crippen molar-refractivity contribution in [3.05, 3.63) is 95.1 Å². The minimum atomic E-state index is -0.706. The number of amides is 1. The lowest BCUT2D eigenvalue weighted by Crippen LogP contribution is -2.40. The highest BCUT2D eigenvalue weighted by molar-refractivity contribution is 9.10. The first kappa shape index (κ1) is 22.5. The van der Waals surface area contributed by atoms with Gasteiger partial charge in [0.25, 0.3) is 11.5 Å². The second kappa shape index (κ2) is 8.48. The smallest absolute Gasteiger partial charge is 0.338 e. The first-order valence-electron chi connectivity index (χ1n) is 10.7. The number of rotatable bonds is 3. The molecule has 0 saturated heterocycles. The van der Waals surface area contributed by atoms with E-state index >= 15 is 0 Å². The molecular formula is C25H20BrN3O4S. The van der Waals surface area contributed by atoms with E-state index in [1.807, 2.05) is 48.5 Å².